The number of benzene rings is 1. The normalized spacial score (nSPS) is 9.36. The number of hydrogen-bond acceptors (Lipinski definition) is 1. The van der Waals surface area contributed by atoms with Crippen LogP contribution in [-0.2, 0) is 6.42 Å². The third kappa shape index (κ3) is 2.53. The van der Waals surface area contributed by atoms with Crippen LogP contribution in [0.4, 0.5) is 0 Å². The first kappa shape index (κ1) is 10.7. The Morgan fingerprint density at radius 1 is 1.21 bits per heavy atom. The molecule has 0 aromatic heterocycles. The molecule has 0 unspecified atom stereocenters. The smallest absolute Gasteiger partial charge is 0.116 e. The van der Waals surface area contributed by atoms with Crippen molar-refractivity contribution >= 4 is 0 Å². The largest absolute Gasteiger partial charge is 0.508 e. The Morgan fingerprint density at radius 3 is 2.29 bits per heavy atom. The van der Waals surface area contributed by atoms with E-state index in [1.165, 1.54) is 5.56 Å². The van der Waals surface area contributed by atoms with E-state index in [1.54, 1.807) is 0 Å². The zero-order valence-corrected chi connectivity index (χ0v) is 9.02. The minimum atomic E-state index is 0.352. The lowest BCUT2D eigenvalue weighted by molar-refractivity contribution is 0.474. The van der Waals surface area contributed by atoms with Gasteiger partial charge in [0.2, 0.25) is 0 Å². The van der Waals surface area contributed by atoms with Gasteiger partial charge in [0, 0.05) is 6.42 Å². The molecular weight excluding hydrogens is 172 g/mol. The summed E-state index contributed by atoms with van der Waals surface area (Å²) in [7, 11) is 0. The van der Waals surface area contributed by atoms with Crippen molar-refractivity contribution < 1.29 is 5.11 Å². The molecule has 74 valence electrons. The second-order valence-electron chi connectivity index (χ2n) is 3.48. The second-order valence-corrected chi connectivity index (χ2v) is 3.48. The van der Waals surface area contributed by atoms with Crippen LogP contribution in [0.2, 0.25) is 0 Å². The molecule has 0 amide bonds. The molecule has 0 aliphatic carbocycles. The predicted molar refractivity (Wildman–Crippen MR) is 59.4 cm³/mol. The van der Waals surface area contributed by atoms with Crippen molar-refractivity contribution in [3.63, 3.8) is 0 Å². The zero-order chi connectivity index (χ0) is 10.6. The molecule has 0 fully saturated rings. The predicted octanol–water partition coefficient (Wildman–Crippen LogP) is 2.96. The molecule has 0 saturated heterocycles. The number of aromatic hydroxyl groups is 1. The lowest BCUT2D eigenvalue weighted by Gasteiger charge is -2.08. The minimum absolute atomic E-state index is 0.352. The molecule has 0 atom stereocenters. The maximum Gasteiger partial charge on any atom is 0.116 e. The Bertz CT molecular complexity index is 357. The van der Waals surface area contributed by atoms with Gasteiger partial charge >= 0.3 is 0 Å². The van der Waals surface area contributed by atoms with Crippen LogP contribution >= 0.6 is 0 Å². The van der Waals surface area contributed by atoms with E-state index in [0.717, 1.165) is 24.0 Å². The Hall–Kier alpha value is -1.42. The number of rotatable bonds is 2. The van der Waals surface area contributed by atoms with Gasteiger partial charge in [0.25, 0.3) is 0 Å². The summed E-state index contributed by atoms with van der Waals surface area (Å²) < 4.78 is 0. The van der Waals surface area contributed by atoms with Gasteiger partial charge in [-0.05, 0) is 56.0 Å². The first-order chi connectivity index (χ1) is 6.65. The molecule has 0 aliphatic heterocycles. The molecule has 0 aliphatic rings. The van der Waals surface area contributed by atoms with E-state index in [1.807, 2.05) is 32.9 Å². The summed E-state index contributed by atoms with van der Waals surface area (Å²) in [6, 6.07) is 3.61. The van der Waals surface area contributed by atoms with Gasteiger partial charge in [0.05, 0.1) is 0 Å². The Morgan fingerprint density at radius 2 is 1.79 bits per heavy atom. The van der Waals surface area contributed by atoms with Crippen molar-refractivity contribution in [1.82, 2.24) is 0 Å². The SMILES string of the molecule is CC#CCCc1c(C)cc(O)cc1C. The van der Waals surface area contributed by atoms with Crippen LogP contribution in [0.15, 0.2) is 12.1 Å². The van der Waals surface area contributed by atoms with E-state index in [9.17, 15) is 5.11 Å². The molecule has 1 nitrogen and oxygen atoms in total. The van der Waals surface area contributed by atoms with Gasteiger partial charge in [-0.2, -0.15) is 0 Å². The van der Waals surface area contributed by atoms with E-state index < -0.39 is 0 Å². The van der Waals surface area contributed by atoms with Gasteiger partial charge in [-0.3, -0.25) is 0 Å². The zero-order valence-electron chi connectivity index (χ0n) is 9.02. The lowest BCUT2D eigenvalue weighted by atomic mass is 9.98. The Balaban J connectivity index is 2.89. The van der Waals surface area contributed by atoms with Crippen LogP contribution in [0, 0.1) is 25.7 Å². The van der Waals surface area contributed by atoms with Crippen molar-refractivity contribution in [3.05, 3.63) is 28.8 Å². The molecule has 1 heteroatoms. The maximum atomic E-state index is 9.36. The van der Waals surface area contributed by atoms with Crippen LogP contribution in [0.25, 0.3) is 0 Å². The summed E-state index contributed by atoms with van der Waals surface area (Å²) in [6.07, 6.45) is 1.86. The van der Waals surface area contributed by atoms with Crippen LogP contribution in [0.3, 0.4) is 0 Å². The second kappa shape index (κ2) is 4.72. The highest BCUT2D eigenvalue weighted by molar-refractivity contribution is 5.40. The standard InChI is InChI=1S/C13H16O/c1-4-5-6-7-13-10(2)8-12(14)9-11(13)3/h8-9,14H,6-7H2,1-3H3. The highest BCUT2D eigenvalue weighted by Crippen LogP contribution is 2.21. The third-order valence-electron chi connectivity index (χ3n) is 2.36. The molecule has 0 radical (unpaired) electrons. The van der Waals surface area contributed by atoms with E-state index in [2.05, 4.69) is 11.8 Å². The van der Waals surface area contributed by atoms with Crippen molar-refractivity contribution in [3.8, 4) is 17.6 Å². The van der Waals surface area contributed by atoms with Gasteiger partial charge in [-0.15, -0.1) is 11.8 Å². The fraction of sp³-hybridized carbons (Fsp3) is 0.385. The quantitative estimate of drug-likeness (QED) is 0.707. The highest BCUT2D eigenvalue weighted by atomic mass is 16.3. The molecule has 1 rings (SSSR count). The fourth-order valence-electron chi connectivity index (χ4n) is 1.68. The average Bonchev–Trinajstić information content (AvgIpc) is 2.09. The molecular formula is C13H16O. The first-order valence-corrected chi connectivity index (χ1v) is 4.84. The lowest BCUT2D eigenvalue weighted by Crippen LogP contribution is -1.93. The van der Waals surface area contributed by atoms with Crippen LogP contribution in [-0.4, -0.2) is 5.11 Å². The summed E-state index contributed by atoms with van der Waals surface area (Å²) in [6.45, 7) is 5.92. The molecule has 0 saturated carbocycles. The van der Waals surface area contributed by atoms with E-state index in [4.69, 9.17) is 0 Å². The van der Waals surface area contributed by atoms with Crippen LogP contribution in [0.5, 0.6) is 5.75 Å². The molecule has 14 heavy (non-hydrogen) atoms. The summed E-state index contributed by atoms with van der Waals surface area (Å²) in [4.78, 5) is 0. The van der Waals surface area contributed by atoms with Crippen molar-refractivity contribution in [2.24, 2.45) is 0 Å². The van der Waals surface area contributed by atoms with E-state index >= 15 is 0 Å². The maximum absolute atomic E-state index is 9.36. The Kier molecular flexibility index (Phi) is 3.59. The monoisotopic (exact) mass is 188 g/mol. The topological polar surface area (TPSA) is 20.2 Å². The molecule has 1 aromatic carbocycles. The van der Waals surface area contributed by atoms with Crippen molar-refractivity contribution in [2.75, 3.05) is 0 Å². The summed E-state index contributed by atoms with van der Waals surface area (Å²) in [5.41, 5.74) is 3.62. The minimum Gasteiger partial charge on any atom is -0.508 e. The van der Waals surface area contributed by atoms with Gasteiger partial charge in [0.15, 0.2) is 0 Å². The van der Waals surface area contributed by atoms with E-state index in [-0.39, 0.29) is 0 Å². The van der Waals surface area contributed by atoms with Crippen molar-refractivity contribution in [1.29, 1.82) is 0 Å². The van der Waals surface area contributed by atoms with Crippen molar-refractivity contribution in [2.45, 2.75) is 33.6 Å². The summed E-state index contributed by atoms with van der Waals surface area (Å²) >= 11 is 0. The highest BCUT2D eigenvalue weighted by Gasteiger charge is 2.03. The molecule has 1 N–H and O–H groups in total. The number of phenolic OH excluding ortho intramolecular Hbond substituents is 1. The first-order valence-electron chi connectivity index (χ1n) is 4.84. The molecule has 0 spiro atoms. The van der Waals surface area contributed by atoms with Gasteiger partial charge in [-0.1, -0.05) is 0 Å². The molecule has 0 bridgehead atoms. The number of phenols is 1. The van der Waals surface area contributed by atoms with Crippen LogP contribution in [0.1, 0.15) is 30.0 Å². The van der Waals surface area contributed by atoms with Gasteiger partial charge < -0.3 is 5.11 Å². The van der Waals surface area contributed by atoms with Gasteiger partial charge in [0.1, 0.15) is 5.75 Å². The van der Waals surface area contributed by atoms with Crippen LogP contribution < -0.4 is 0 Å². The average molecular weight is 188 g/mol. The van der Waals surface area contributed by atoms with Gasteiger partial charge in [-0.25, -0.2) is 0 Å². The Labute approximate surface area is 85.8 Å². The molecule has 1 aromatic rings. The summed E-state index contributed by atoms with van der Waals surface area (Å²) in [5, 5.41) is 9.36. The summed E-state index contributed by atoms with van der Waals surface area (Å²) in [5.74, 6) is 6.29. The molecule has 0 heterocycles. The fourth-order valence-corrected chi connectivity index (χ4v) is 1.68. The number of hydrogen-bond donors (Lipinski definition) is 1. The van der Waals surface area contributed by atoms with E-state index in [0.29, 0.717) is 5.75 Å². The number of aryl methyl sites for hydroxylation is 2. The third-order valence-corrected chi connectivity index (χ3v) is 2.36.